The number of carbonyl (C=O) groups is 3. The van der Waals surface area contributed by atoms with E-state index in [1.54, 1.807) is 6.07 Å². The summed E-state index contributed by atoms with van der Waals surface area (Å²) in [7, 11) is 0. The monoisotopic (exact) mass is 308 g/mol. The molecule has 1 aliphatic heterocycles. The second kappa shape index (κ2) is 5.82. The Kier molecular flexibility index (Phi) is 4.25. The molecule has 0 N–H and O–H groups in total. The minimum absolute atomic E-state index is 0.295. The van der Waals surface area contributed by atoms with Crippen LogP contribution in [0.4, 0.5) is 4.79 Å². The van der Waals surface area contributed by atoms with Gasteiger partial charge in [0.1, 0.15) is 18.1 Å². The van der Waals surface area contributed by atoms with E-state index in [-0.39, 0.29) is 12.5 Å². The van der Waals surface area contributed by atoms with Gasteiger partial charge >= 0.3 is 6.09 Å². The van der Waals surface area contributed by atoms with Crippen LogP contribution in [0.15, 0.2) is 16.5 Å². The third kappa shape index (κ3) is 3.13. The van der Waals surface area contributed by atoms with Gasteiger partial charge < -0.3 is 14.1 Å². The molecule has 0 unspecified atom stereocenters. The smallest absolute Gasteiger partial charge is 0.418 e. The van der Waals surface area contributed by atoms with Crippen molar-refractivity contribution in [2.24, 2.45) is 0 Å². The number of imide groups is 1. The first-order chi connectivity index (χ1) is 10.2. The van der Waals surface area contributed by atoms with Gasteiger partial charge in [0.05, 0.1) is 6.54 Å². The summed E-state index contributed by atoms with van der Waals surface area (Å²) in [5.74, 6) is 0.581. The third-order valence-electron chi connectivity index (χ3n) is 3.49. The summed E-state index contributed by atoms with van der Waals surface area (Å²) < 4.78 is 10.4. The quantitative estimate of drug-likeness (QED) is 0.827. The van der Waals surface area contributed by atoms with Gasteiger partial charge in [-0.3, -0.25) is 9.59 Å². The van der Waals surface area contributed by atoms with Crippen LogP contribution in [0, 0.1) is 6.92 Å². The molecular formula is C15H20N2O5. The highest BCUT2D eigenvalue weighted by Gasteiger charge is 2.47. The lowest BCUT2D eigenvalue weighted by atomic mass is 10.1. The highest BCUT2D eigenvalue weighted by Crippen LogP contribution is 2.23. The van der Waals surface area contributed by atoms with Crippen LogP contribution >= 0.6 is 0 Å². The Morgan fingerprint density at radius 3 is 2.45 bits per heavy atom. The van der Waals surface area contributed by atoms with Gasteiger partial charge in [-0.05, 0) is 39.8 Å². The fraction of sp³-hybridized carbons (Fsp3) is 0.533. The molecule has 1 aromatic heterocycles. The number of amides is 3. The maximum Gasteiger partial charge on any atom is 0.418 e. The van der Waals surface area contributed by atoms with Crippen LogP contribution in [0.2, 0.25) is 0 Å². The molecule has 0 radical (unpaired) electrons. The number of cyclic esters (lactones) is 1. The number of furan rings is 1. The molecule has 1 aromatic rings. The average Bonchev–Trinajstić information content (AvgIpc) is 2.92. The van der Waals surface area contributed by atoms with E-state index < -0.39 is 17.6 Å². The number of hydrogen-bond donors (Lipinski definition) is 0. The zero-order valence-corrected chi connectivity index (χ0v) is 13.2. The number of carbonyl (C=O) groups excluding carboxylic acids is 3. The summed E-state index contributed by atoms with van der Waals surface area (Å²) in [4.78, 5) is 38.4. The SMILES string of the molecule is CCN(Cc1ccc(C)o1)C(=O)CN1C(=O)OC(C)(C)C1=O. The van der Waals surface area contributed by atoms with Gasteiger partial charge in [0.2, 0.25) is 5.91 Å². The van der Waals surface area contributed by atoms with E-state index in [0.29, 0.717) is 18.8 Å². The molecule has 22 heavy (non-hydrogen) atoms. The van der Waals surface area contributed by atoms with E-state index in [0.717, 1.165) is 10.7 Å². The largest absolute Gasteiger partial charge is 0.464 e. The van der Waals surface area contributed by atoms with Crippen LogP contribution in [0.1, 0.15) is 32.3 Å². The van der Waals surface area contributed by atoms with Crippen molar-refractivity contribution in [2.75, 3.05) is 13.1 Å². The molecule has 0 spiro atoms. The predicted octanol–water partition coefficient (Wildman–Crippen LogP) is 1.69. The first-order valence-corrected chi connectivity index (χ1v) is 7.12. The molecule has 7 nitrogen and oxygen atoms in total. The Hall–Kier alpha value is -2.31. The summed E-state index contributed by atoms with van der Waals surface area (Å²) in [5.41, 5.74) is -1.22. The van der Waals surface area contributed by atoms with Gasteiger partial charge in [0.25, 0.3) is 5.91 Å². The Balaban J connectivity index is 2.03. The van der Waals surface area contributed by atoms with E-state index in [4.69, 9.17) is 9.15 Å². The maximum absolute atomic E-state index is 12.3. The summed E-state index contributed by atoms with van der Waals surface area (Å²) in [6, 6.07) is 3.61. The van der Waals surface area contributed by atoms with E-state index in [1.165, 1.54) is 18.7 Å². The van der Waals surface area contributed by atoms with Gasteiger partial charge in [0, 0.05) is 6.54 Å². The van der Waals surface area contributed by atoms with E-state index in [9.17, 15) is 14.4 Å². The lowest BCUT2D eigenvalue weighted by Gasteiger charge is -2.22. The molecule has 1 saturated heterocycles. The fourth-order valence-electron chi connectivity index (χ4n) is 2.23. The van der Waals surface area contributed by atoms with Crippen molar-refractivity contribution in [3.8, 4) is 0 Å². The molecule has 120 valence electrons. The first-order valence-electron chi connectivity index (χ1n) is 7.12. The van der Waals surface area contributed by atoms with Gasteiger partial charge in [-0.15, -0.1) is 0 Å². The zero-order chi connectivity index (χ0) is 16.5. The standard InChI is InChI=1S/C15H20N2O5/c1-5-16(8-11-7-6-10(2)21-11)12(18)9-17-13(19)15(3,4)22-14(17)20/h6-7H,5,8-9H2,1-4H3. The molecule has 2 rings (SSSR count). The topological polar surface area (TPSA) is 80.1 Å². The molecule has 1 aliphatic rings. The molecule has 1 fully saturated rings. The summed E-state index contributed by atoms with van der Waals surface area (Å²) in [6.07, 6.45) is -0.784. The van der Waals surface area contributed by atoms with Crippen LogP contribution in [-0.4, -0.2) is 46.4 Å². The van der Waals surface area contributed by atoms with Crippen LogP contribution in [-0.2, 0) is 20.9 Å². The Bertz CT molecular complexity index is 605. The van der Waals surface area contributed by atoms with E-state index >= 15 is 0 Å². The number of likely N-dealkylation sites (N-methyl/N-ethyl adjacent to an activating group) is 1. The summed E-state index contributed by atoms with van der Waals surface area (Å²) in [6.45, 7) is 7.06. The van der Waals surface area contributed by atoms with Gasteiger partial charge in [-0.1, -0.05) is 0 Å². The van der Waals surface area contributed by atoms with Crippen molar-refractivity contribution in [1.29, 1.82) is 0 Å². The second-order valence-electron chi connectivity index (χ2n) is 5.69. The molecular weight excluding hydrogens is 288 g/mol. The van der Waals surface area contributed by atoms with Gasteiger partial charge in [-0.25, -0.2) is 9.69 Å². The normalized spacial score (nSPS) is 16.8. The van der Waals surface area contributed by atoms with Crippen molar-refractivity contribution in [2.45, 2.75) is 39.8 Å². The first kappa shape index (κ1) is 16.1. The lowest BCUT2D eigenvalue weighted by molar-refractivity contribution is -0.140. The fourth-order valence-corrected chi connectivity index (χ4v) is 2.23. The third-order valence-corrected chi connectivity index (χ3v) is 3.49. The van der Waals surface area contributed by atoms with E-state index in [1.807, 2.05) is 19.9 Å². The summed E-state index contributed by atoms with van der Waals surface area (Å²) >= 11 is 0. The van der Waals surface area contributed by atoms with Crippen molar-refractivity contribution < 1.29 is 23.5 Å². The minimum Gasteiger partial charge on any atom is -0.464 e. The Morgan fingerprint density at radius 2 is 2.00 bits per heavy atom. The highest BCUT2D eigenvalue weighted by atomic mass is 16.6. The molecule has 3 amide bonds. The van der Waals surface area contributed by atoms with Gasteiger partial charge in [0.15, 0.2) is 5.60 Å². The maximum atomic E-state index is 12.3. The molecule has 0 aliphatic carbocycles. The molecule has 2 heterocycles. The second-order valence-corrected chi connectivity index (χ2v) is 5.69. The molecule has 0 bridgehead atoms. The van der Waals surface area contributed by atoms with Crippen LogP contribution in [0.3, 0.4) is 0 Å². The predicted molar refractivity (Wildman–Crippen MR) is 76.8 cm³/mol. The zero-order valence-electron chi connectivity index (χ0n) is 13.2. The van der Waals surface area contributed by atoms with Crippen LogP contribution in [0.25, 0.3) is 0 Å². The van der Waals surface area contributed by atoms with Gasteiger partial charge in [-0.2, -0.15) is 0 Å². The number of hydrogen-bond acceptors (Lipinski definition) is 5. The number of aryl methyl sites for hydroxylation is 1. The Morgan fingerprint density at radius 1 is 1.32 bits per heavy atom. The van der Waals surface area contributed by atoms with Crippen molar-refractivity contribution >= 4 is 17.9 Å². The van der Waals surface area contributed by atoms with E-state index in [2.05, 4.69) is 0 Å². The minimum atomic E-state index is -1.22. The lowest BCUT2D eigenvalue weighted by Crippen LogP contribution is -2.44. The average molecular weight is 308 g/mol. The number of nitrogens with zero attached hydrogens (tertiary/aromatic N) is 2. The Labute approximate surface area is 128 Å². The van der Waals surface area contributed by atoms with Crippen LogP contribution in [0.5, 0.6) is 0 Å². The molecule has 0 atom stereocenters. The molecule has 7 heteroatoms. The highest BCUT2D eigenvalue weighted by molar-refractivity contribution is 6.04. The van der Waals surface area contributed by atoms with Crippen molar-refractivity contribution in [3.63, 3.8) is 0 Å². The molecule has 0 saturated carbocycles. The van der Waals surface area contributed by atoms with Crippen molar-refractivity contribution in [1.82, 2.24) is 9.80 Å². The number of rotatable bonds is 5. The number of ether oxygens (including phenoxy) is 1. The summed E-state index contributed by atoms with van der Waals surface area (Å²) in [5, 5.41) is 0. The van der Waals surface area contributed by atoms with Crippen LogP contribution < -0.4 is 0 Å². The molecule has 0 aromatic carbocycles. The van der Waals surface area contributed by atoms with Crippen molar-refractivity contribution in [3.05, 3.63) is 23.7 Å².